The number of nitrogens with zero attached hydrogens (tertiary/aromatic N) is 3. The van der Waals surface area contributed by atoms with E-state index in [4.69, 9.17) is 11.6 Å². The molecule has 1 aromatic heterocycles. The molecule has 1 aromatic rings. The summed E-state index contributed by atoms with van der Waals surface area (Å²) in [4.78, 5) is 10.8. The predicted octanol–water partition coefficient (Wildman–Crippen LogP) is 2.46. The first-order valence-corrected chi connectivity index (χ1v) is 6.05. The SMILES string of the molecule is ClCCN(c1ncccn1)C1CCCC1. The van der Waals surface area contributed by atoms with Gasteiger partial charge in [0.25, 0.3) is 0 Å². The molecule has 0 aromatic carbocycles. The van der Waals surface area contributed by atoms with Crippen molar-refractivity contribution in [3.8, 4) is 0 Å². The third-order valence-electron chi connectivity index (χ3n) is 2.90. The lowest BCUT2D eigenvalue weighted by Gasteiger charge is -2.27. The summed E-state index contributed by atoms with van der Waals surface area (Å²) >= 11 is 5.83. The summed E-state index contributed by atoms with van der Waals surface area (Å²) in [7, 11) is 0. The zero-order valence-electron chi connectivity index (χ0n) is 8.77. The quantitative estimate of drug-likeness (QED) is 0.738. The third kappa shape index (κ3) is 2.59. The van der Waals surface area contributed by atoms with Gasteiger partial charge in [-0.25, -0.2) is 9.97 Å². The second-order valence-electron chi connectivity index (χ2n) is 3.87. The third-order valence-corrected chi connectivity index (χ3v) is 3.07. The summed E-state index contributed by atoms with van der Waals surface area (Å²) in [6.45, 7) is 0.843. The minimum atomic E-state index is 0.589. The number of rotatable bonds is 4. The lowest BCUT2D eigenvalue weighted by molar-refractivity contribution is 0.606. The molecule has 1 aliphatic carbocycles. The lowest BCUT2D eigenvalue weighted by atomic mass is 10.2. The molecule has 0 bridgehead atoms. The Bertz CT molecular complexity index is 285. The minimum absolute atomic E-state index is 0.589. The molecule has 0 saturated heterocycles. The van der Waals surface area contributed by atoms with Gasteiger partial charge in [-0.05, 0) is 18.9 Å². The van der Waals surface area contributed by atoms with Crippen LogP contribution in [0.3, 0.4) is 0 Å². The van der Waals surface area contributed by atoms with Gasteiger partial charge in [-0.2, -0.15) is 0 Å². The van der Waals surface area contributed by atoms with E-state index >= 15 is 0 Å². The molecular formula is C11H16ClN3. The molecule has 0 N–H and O–H groups in total. The average Bonchev–Trinajstić information content (AvgIpc) is 2.80. The number of hydrogen-bond acceptors (Lipinski definition) is 3. The van der Waals surface area contributed by atoms with Crippen molar-refractivity contribution in [3.05, 3.63) is 18.5 Å². The molecule has 4 heteroatoms. The largest absolute Gasteiger partial charge is 0.337 e. The molecule has 0 unspecified atom stereocenters. The van der Waals surface area contributed by atoms with E-state index in [2.05, 4.69) is 14.9 Å². The van der Waals surface area contributed by atoms with Gasteiger partial charge in [0.15, 0.2) is 0 Å². The van der Waals surface area contributed by atoms with Crippen molar-refractivity contribution in [1.82, 2.24) is 9.97 Å². The second-order valence-corrected chi connectivity index (χ2v) is 4.25. The van der Waals surface area contributed by atoms with E-state index in [1.807, 2.05) is 6.07 Å². The molecule has 0 atom stereocenters. The maximum absolute atomic E-state index is 5.83. The van der Waals surface area contributed by atoms with Gasteiger partial charge in [0.1, 0.15) is 0 Å². The van der Waals surface area contributed by atoms with Crippen molar-refractivity contribution in [2.75, 3.05) is 17.3 Å². The second kappa shape index (κ2) is 5.31. The molecule has 1 fully saturated rings. The van der Waals surface area contributed by atoms with E-state index in [9.17, 15) is 0 Å². The van der Waals surface area contributed by atoms with E-state index in [1.165, 1.54) is 25.7 Å². The standard InChI is InChI=1S/C11H16ClN3/c12-6-9-15(10-4-1-2-5-10)11-13-7-3-8-14-11/h3,7-8,10H,1-2,4-6,9H2. The molecule has 0 amide bonds. The van der Waals surface area contributed by atoms with Crippen molar-refractivity contribution < 1.29 is 0 Å². The van der Waals surface area contributed by atoms with Crippen molar-refractivity contribution in [3.63, 3.8) is 0 Å². The molecule has 15 heavy (non-hydrogen) atoms. The Hall–Kier alpha value is -0.830. The summed E-state index contributed by atoms with van der Waals surface area (Å²) in [6, 6.07) is 2.43. The zero-order valence-corrected chi connectivity index (χ0v) is 9.53. The average molecular weight is 226 g/mol. The number of aromatic nitrogens is 2. The zero-order chi connectivity index (χ0) is 10.5. The van der Waals surface area contributed by atoms with E-state index in [0.29, 0.717) is 11.9 Å². The summed E-state index contributed by atoms with van der Waals surface area (Å²) in [5, 5.41) is 0. The predicted molar refractivity (Wildman–Crippen MR) is 62.4 cm³/mol. The van der Waals surface area contributed by atoms with Gasteiger partial charge < -0.3 is 4.90 Å². The van der Waals surface area contributed by atoms with Gasteiger partial charge in [0.2, 0.25) is 5.95 Å². The summed E-state index contributed by atoms with van der Waals surface area (Å²) in [6.07, 6.45) is 8.70. The van der Waals surface area contributed by atoms with Crippen molar-refractivity contribution in [1.29, 1.82) is 0 Å². The van der Waals surface area contributed by atoms with Crippen LogP contribution >= 0.6 is 11.6 Å². The smallest absolute Gasteiger partial charge is 0.225 e. The van der Waals surface area contributed by atoms with Crippen LogP contribution in [-0.2, 0) is 0 Å². The highest BCUT2D eigenvalue weighted by atomic mass is 35.5. The molecular weight excluding hydrogens is 210 g/mol. The Kier molecular flexibility index (Phi) is 3.78. The number of alkyl halides is 1. The van der Waals surface area contributed by atoms with Gasteiger partial charge >= 0.3 is 0 Å². The summed E-state index contributed by atoms with van der Waals surface area (Å²) < 4.78 is 0. The van der Waals surface area contributed by atoms with Crippen LogP contribution in [0.1, 0.15) is 25.7 Å². The van der Waals surface area contributed by atoms with Gasteiger partial charge in [-0.1, -0.05) is 12.8 Å². The van der Waals surface area contributed by atoms with Gasteiger partial charge in [-0.3, -0.25) is 0 Å². The molecule has 0 aliphatic heterocycles. The van der Waals surface area contributed by atoms with Gasteiger partial charge in [0.05, 0.1) is 0 Å². The van der Waals surface area contributed by atoms with Crippen LogP contribution < -0.4 is 4.90 Å². The van der Waals surface area contributed by atoms with Crippen LogP contribution in [-0.4, -0.2) is 28.4 Å². The van der Waals surface area contributed by atoms with Crippen LogP contribution in [0, 0.1) is 0 Å². The molecule has 1 aliphatic rings. The normalized spacial score (nSPS) is 16.9. The van der Waals surface area contributed by atoms with Gasteiger partial charge in [-0.15, -0.1) is 11.6 Å². The topological polar surface area (TPSA) is 29.0 Å². The fraction of sp³-hybridized carbons (Fsp3) is 0.636. The molecule has 0 spiro atoms. The Labute approximate surface area is 95.5 Å². The Balaban J connectivity index is 2.11. The maximum Gasteiger partial charge on any atom is 0.225 e. The Morgan fingerprint density at radius 1 is 1.27 bits per heavy atom. The molecule has 1 saturated carbocycles. The Morgan fingerprint density at radius 3 is 2.53 bits per heavy atom. The summed E-state index contributed by atoms with van der Waals surface area (Å²) in [5.74, 6) is 1.46. The van der Waals surface area contributed by atoms with Crippen molar-refractivity contribution >= 4 is 17.5 Å². The fourth-order valence-corrected chi connectivity index (χ4v) is 2.37. The molecule has 82 valence electrons. The van der Waals surface area contributed by atoms with E-state index in [0.717, 1.165) is 12.5 Å². The van der Waals surface area contributed by atoms with E-state index in [1.54, 1.807) is 12.4 Å². The number of hydrogen-bond donors (Lipinski definition) is 0. The molecule has 1 heterocycles. The van der Waals surface area contributed by atoms with Crippen molar-refractivity contribution in [2.45, 2.75) is 31.7 Å². The summed E-state index contributed by atoms with van der Waals surface area (Å²) in [5.41, 5.74) is 0. The first-order valence-electron chi connectivity index (χ1n) is 5.51. The lowest BCUT2D eigenvalue weighted by Crippen LogP contribution is -2.36. The molecule has 3 nitrogen and oxygen atoms in total. The fourth-order valence-electron chi connectivity index (χ4n) is 2.19. The van der Waals surface area contributed by atoms with Gasteiger partial charge in [0, 0.05) is 30.9 Å². The highest BCUT2D eigenvalue weighted by Gasteiger charge is 2.23. The first-order chi connectivity index (χ1) is 7.42. The van der Waals surface area contributed by atoms with Crippen LogP contribution in [0.4, 0.5) is 5.95 Å². The van der Waals surface area contributed by atoms with Crippen LogP contribution in [0.2, 0.25) is 0 Å². The number of anilines is 1. The van der Waals surface area contributed by atoms with Crippen LogP contribution in [0.15, 0.2) is 18.5 Å². The van der Waals surface area contributed by atoms with Crippen LogP contribution in [0.25, 0.3) is 0 Å². The molecule has 2 rings (SSSR count). The number of halogens is 1. The molecule has 0 radical (unpaired) electrons. The van der Waals surface area contributed by atoms with Crippen molar-refractivity contribution in [2.24, 2.45) is 0 Å². The Morgan fingerprint density at radius 2 is 1.93 bits per heavy atom. The highest BCUT2D eigenvalue weighted by Crippen LogP contribution is 2.25. The highest BCUT2D eigenvalue weighted by molar-refractivity contribution is 6.18. The first kappa shape index (κ1) is 10.7. The maximum atomic E-state index is 5.83. The minimum Gasteiger partial charge on any atom is -0.337 e. The van der Waals surface area contributed by atoms with Crippen LogP contribution in [0.5, 0.6) is 0 Å². The monoisotopic (exact) mass is 225 g/mol. The van der Waals surface area contributed by atoms with E-state index in [-0.39, 0.29) is 0 Å². The van der Waals surface area contributed by atoms with E-state index < -0.39 is 0 Å².